The van der Waals surface area contributed by atoms with Gasteiger partial charge in [-0.3, -0.25) is 10.1 Å². The second-order valence-corrected chi connectivity index (χ2v) is 3.01. The van der Waals surface area contributed by atoms with Crippen LogP contribution in [0.15, 0.2) is 18.2 Å². The van der Waals surface area contributed by atoms with Crippen molar-refractivity contribution in [3.8, 4) is 5.75 Å². The zero-order chi connectivity index (χ0) is 10.6. The number of nitro groups is 1. The zero-order valence-corrected chi connectivity index (χ0v) is 8.32. The molecule has 1 rings (SSSR count). The van der Waals surface area contributed by atoms with Crippen LogP contribution in [-0.2, 0) is 6.42 Å². The summed E-state index contributed by atoms with van der Waals surface area (Å²) < 4.78 is 4.90. The molecule has 0 aromatic heterocycles. The molecule has 76 valence electrons. The molecule has 0 saturated carbocycles. The first kappa shape index (κ1) is 10.5. The maximum absolute atomic E-state index is 10.7. The van der Waals surface area contributed by atoms with E-state index in [9.17, 15) is 10.1 Å². The minimum Gasteiger partial charge on any atom is -0.490 e. The van der Waals surface area contributed by atoms with Crippen LogP contribution in [0, 0.1) is 10.1 Å². The van der Waals surface area contributed by atoms with Gasteiger partial charge >= 0.3 is 5.69 Å². The molecule has 0 unspecified atom stereocenters. The first-order chi connectivity index (χ1) is 6.69. The molecule has 0 aliphatic rings. The summed E-state index contributed by atoms with van der Waals surface area (Å²) >= 11 is 0. The molecular weight excluding hydrogens is 182 g/mol. The van der Waals surface area contributed by atoms with Crippen molar-refractivity contribution < 1.29 is 9.66 Å². The molecule has 0 aliphatic carbocycles. The third kappa shape index (κ3) is 2.22. The van der Waals surface area contributed by atoms with Crippen LogP contribution in [0.4, 0.5) is 5.69 Å². The van der Waals surface area contributed by atoms with Crippen LogP contribution in [0.2, 0.25) is 0 Å². The van der Waals surface area contributed by atoms with Crippen molar-refractivity contribution in [1.29, 1.82) is 0 Å². The van der Waals surface area contributed by atoms with Gasteiger partial charge < -0.3 is 4.74 Å². The first-order valence-corrected chi connectivity index (χ1v) is 4.50. The maximum Gasteiger partial charge on any atom is 0.311 e. The largest absolute Gasteiger partial charge is 0.490 e. The van der Waals surface area contributed by atoms with Gasteiger partial charge in [-0.15, -0.1) is 0 Å². The summed E-state index contributed by atoms with van der Waals surface area (Å²) in [5, 5.41) is 10.7. The summed E-state index contributed by atoms with van der Waals surface area (Å²) in [6.45, 7) is 2.04. The lowest BCUT2D eigenvalue weighted by molar-refractivity contribution is -0.385. The van der Waals surface area contributed by atoms with E-state index >= 15 is 0 Å². The number of aryl methyl sites for hydroxylation is 1. The molecule has 0 radical (unpaired) electrons. The van der Waals surface area contributed by atoms with Gasteiger partial charge in [0.15, 0.2) is 5.75 Å². The standard InChI is InChI=1S/C10H13NO3/c1-3-4-8-5-6-10(14-2)9(7-8)11(12)13/h5-7H,3-4H2,1-2H3. The molecule has 0 fully saturated rings. The van der Waals surface area contributed by atoms with Gasteiger partial charge in [-0.1, -0.05) is 19.4 Å². The van der Waals surface area contributed by atoms with Crippen LogP contribution >= 0.6 is 0 Å². The van der Waals surface area contributed by atoms with E-state index in [2.05, 4.69) is 0 Å². The fraction of sp³-hybridized carbons (Fsp3) is 0.400. The molecule has 1 aromatic rings. The molecular formula is C10H13NO3. The van der Waals surface area contributed by atoms with Crippen LogP contribution in [0.5, 0.6) is 5.75 Å². The number of hydrogen-bond donors (Lipinski definition) is 0. The van der Waals surface area contributed by atoms with Crippen LogP contribution in [0.25, 0.3) is 0 Å². The van der Waals surface area contributed by atoms with Gasteiger partial charge in [-0.05, 0) is 18.1 Å². The van der Waals surface area contributed by atoms with Crippen molar-refractivity contribution in [2.24, 2.45) is 0 Å². The number of methoxy groups -OCH3 is 1. The molecule has 0 amide bonds. The molecule has 0 bridgehead atoms. The minimum atomic E-state index is -0.419. The molecule has 0 aliphatic heterocycles. The Hall–Kier alpha value is -1.58. The van der Waals surface area contributed by atoms with Crippen molar-refractivity contribution in [2.75, 3.05) is 7.11 Å². The third-order valence-electron chi connectivity index (χ3n) is 1.98. The van der Waals surface area contributed by atoms with Gasteiger partial charge in [0.1, 0.15) is 0 Å². The summed E-state index contributed by atoms with van der Waals surface area (Å²) in [5.41, 5.74) is 1.01. The Balaban J connectivity index is 3.07. The van der Waals surface area contributed by atoms with E-state index in [0.29, 0.717) is 5.75 Å². The average Bonchev–Trinajstić information content (AvgIpc) is 2.18. The highest BCUT2D eigenvalue weighted by Gasteiger charge is 2.14. The SMILES string of the molecule is CCCc1ccc(OC)c([N+](=O)[O-])c1. The Kier molecular flexibility index (Phi) is 3.45. The van der Waals surface area contributed by atoms with E-state index < -0.39 is 4.92 Å². The first-order valence-electron chi connectivity index (χ1n) is 4.50. The second-order valence-electron chi connectivity index (χ2n) is 3.01. The quantitative estimate of drug-likeness (QED) is 0.548. The Labute approximate surface area is 82.7 Å². The lowest BCUT2D eigenvalue weighted by atomic mass is 10.1. The molecule has 0 N–H and O–H groups in total. The molecule has 14 heavy (non-hydrogen) atoms. The lowest BCUT2D eigenvalue weighted by Crippen LogP contribution is -1.95. The van der Waals surface area contributed by atoms with Gasteiger partial charge in [-0.2, -0.15) is 0 Å². The number of nitrogens with zero attached hydrogens (tertiary/aromatic N) is 1. The third-order valence-corrected chi connectivity index (χ3v) is 1.98. The number of hydrogen-bond acceptors (Lipinski definition) is 3. The van der Waals surface area contributed by atoms with Crippen molar-refractivity contribution in [3.05, 3.63) is 33.9 Å². The van der Waals surface area contributed by atoms with E-state index in [4.69, 9.17) is 4.74 Å². The molecule has 4 heteroatoms. The molecule has 0 saturated heterocycles. The van der Waals surface area contributed by atoms with Crippen LogP contribution in [-0.4, -0.2) is 12.0 Å². The number of nitro benzene ring substituents is 1. The fourth-order valence-corrected chi connectivity index (χ4v) is 1.32. The maximum atomic E-state index is 10.7. The molecule has 1 aromatic carbocycles. The topological polar surface area (TPSA) is 52.4 Å². The zero-order valence-electron chi connectivity index (χ0n) is 8.32. The highest BCUT2D eigenvalue weighted by molar-refractivity contribution is 5.48. The van der Waals surface area contributed by atoms with E-state index in [-0.39, 0.29) is 5.69 Å². The molecule has 0 heterocycles. The Morgan fingerprint density at radius 2 is 2.21 bits per heavy atom. The van der Waals surface area contributed by atoms with E-state index in [1.54, 1.807) is 12.1 Å². The Bertz CT molecular complexity index is 336. The second kappa shape index (κ2) is 4.60. The van der Waals surface area contributed by atoms with Gasteiger partial charge in [-0.25, -0.2) is 0 Å². The fourth-order valence-electron chi connectivity index (χ4n) is 1.32. The van der Waals surface area contributed by atoms with E-state index in [1.807, 2.05) is 13.0 Å². The van der Waals surface area contributed by atoms with E-state index in [0.717, 1.165) is 18.4 Å². The number of benzene rings is 1. The van der Waals surface area contributed by atoms with Crippen molar-refractivity contribution in [2.45, 2.75) is 19.8 Å². The summed E-state index contributed by atoms with van der Waals surface area (Å²) in [4.78, 5) is 10.2. The summed E-state index contributed by atoms with van der Waals surface area (Å²) in [6.07, 6.45) is 1.83. The van der Waals surface area contributed by atoms with Gasteiger partial charge in [0.25, 0.3) is 0 Å². The predicted molar refractivity (Wildman–Crippen MR) is 53.6 cm³/mol. The summed E-state index contributed by atoms with van der Waals surface area (Å²) in [6, 6.07) is 5.07. The smallest absolute Gasteiger partial charge is 0.311 e. The van der Waals surface area contributed by atoms with Gasteiger partial charge in [0.05, 0.1) is 12.0 Å². The Morgan fingerprint density at radius 1 is 1.50 bits per heavy atom. The normalized spacial score (nSPS) is 9.86. The molecule has 0 atom stereocenters. The van der Waals surface area contributed by atoms with Gasteiger partial charge in [0.2, 0.25) is 0 Å². The van der Waals surface area contributed by atoms with Crippen LogP contribution in [0.3, 0.4) is 0 Å². The predicted octanol–water partition coefficient (Wildman–Crippen LogP) is 2.56. The van der Waals surface area contributed by atoms with Crippen molar-refractivity contribution in [1.82, 2.24) is 0 Å². The Morgan fingerprint density at radius 3 is 2.71 bits per heavy atom. The lowest BCUT2D eigenvalue weighted by Gasteiger charge is -2.03. The van der Waals surface area contributed by atoms with Crippen molar-refractivity contribution in [3.63, 3.8) is 0 Å². The highest BCUT2D eigenvalue weighted by atomic mass is 16.6. The van der Waals surface area contributed by atoms with Crippen LogP contribution in [0.1, 0.15) is 18.9 Å². The minimum absolute atomic E-state index is 0.0402. The molecule has 4 nitrogen and oxygen atoms in total. The van der Waals surface area contributed by atoms with Gasteiger partial charge in [0, 0.05) is 6.07 Å². The molecule has 0 spiro atoms. The van der Waals surface area contributed by atoms with Crippen LogP contribution < -0.4 is 4.74 Å². The monoisotopic (exact) mass is 195 g/mol. The van der Waals surface area contributed by atoms with Crippen molar-refractivity contribution >= 4 is 5.69 Å². The van der Waals surface area contributed by atoms with E-state index in [1.165, 1.54) is 7.11 Å². The number of rotatable bonds is 4. The summed E-state index contributed by atoms with van der Waals surface area (Å²) in [5.74, 6) is 0.315. The summed E-state index contributed by atoms with van der Waals surface area (Å²) in [7, 11) is 1.43. The highest BCUT2D eigenvalue weighted by Crippen LogP contribution is 2.27. The number of ether oxygens (including phenoxy) is 1. The average molecular weight is 195 g/mol.